The van der Waals surface area contributed by atoms with Gasteiger partial charge in [0.1, 0.15) is 18.3 Å². The molecule has 0 amide bonds. The van der Waals surface area contributed by atoms with E-state index in [1.54, 1.807) is 20.8 Å². The van der Waals surface area contributed by atoms with Gasteiger partial charge in [-0.2, -0.15) is 13.2 Å². The van der Waals surface area contributed by atoms with Gasteiger partial charge in [-0.3, -0.25) is 19.2 Å². The van der Waals surface area contributed by atoms with Gasteiger partial charge in [0.05, 0.1) is 34.7 Å². The van der Waals surface area contributed by atoms with Crippen molar-refractivity contribution in [3.63, 3.8) is 0 Å². The zero-order valence-corrected chi connectivity index (χ0v) is 37.0. The molecule has 0 spiro atoms. The standard InChI is InChI=1S/C18H30O2.C14H19F5O3.C14H20O4/c1-4-18(2,3)17(19)20-6-5-16-14-8-12-7-13(10-14)11-15(16)9-12;1-4-11(2,3)10(20)22-9-6-7-5-8(9)13(15,16)12(7,21)14(17,18)19;1-4-14(2,3)13(16)18-10-7-5-8-9(6-7)12(15)17-11(8)10/h12-16H,4-11H2,1-3H3;7-9,21H,4-6H2,1-3H3;7-11H,4-6H2,1-3H3. The number of rotatable bonds is 11. The second kappa shape index (κ2) is 16.6. The van der Waals surface area contributed by atoms with Gasteiger partial charge in [-0.25, -0.2) is 8.78 Å². The third-order valence-corrected chi connectivity index (χ3v) is 16.8. The minimum atomic E-state index is -5.42. The van der Waals surface area contributed by atoms with E-state index in [0.717, 1.165) is 61.7 Å². The topological polar surface area (TPSA) is 125 Å². The zero-order chi connectivity index (χ0) is 44.5. The number of hydrogen-bond acceptors (Lipinski definition) is 9. The van der Waals surface area contributed by atoms with Crippen molar-refractivity contribution in [2.24, 2.45) is 75.4 Å². The minimum absolute atomic E-state index is 0.0104. The Bertz CT molecular complexity index is 1600. The molecule has 60 heavy (non-hydrogen) atoms. The fourth-order valence-electron chi connectivity index (χ4n) is 11.9. The molecule has 9 unspecified atom stereocenters. The molecule has 8 saturated carbocycles. The quantitative estimate of drug-likeness (QED) is 0.123. The first-order chi connectivity index (χ1) is 27.7. The number of fused-ring (bicyclic) bond motifs is 3. The van der Waals surface area contributed by atoms with Crippen molar-refractivity contribution in [2.45, 2.75) is 182 Å². The summed E-state index contributed by atoms with van der Waals surface area (Å²) >= 11 is 0. The van der Waals surface area contributed by atoms with Crippen LogP contribution in [0.25, 0.3) is 0 Å². The number of aliphatic hydroxyl groups is 1. The van der Waals surface area contributed by atoms with E-state index in [-0.39, 0.29) is 41.4 Å². The Morgan fingerprint density at radius 2 is 1.23 bits per heavy atom. The number of ether oxygens (including phenoxy) is 4. The molecule has 1 heterocycles. The van der Waals surface area contributed by atoms with Gasteiger partial charge in [-0.05, 0) is 155 Å². The zero-order valence-electron chi connectivity index (χ0n) is 37.0. The number of hydrogen-bond donors (Lipinski definition) is 1. The first kappa shape index (κ1) is 47.0. The largest absolute Gasteiger partial charge is 0.465 e. The van der Waals surface area contributed by atoms with Gasteiger partial charge in [0.2, 0.25) is 5.60 Å². The highest BCUT2D eigenvalue weighted by Crippen LogP contribution is 2.65. The molecular formula is C46H69F5O9. The molecule has 342 valence electrons. The summed E-state index contributed by atoms with van der Waals surface area (Å²) in [6, 6.07) is 0. The van der Waals surface area contributed by atoms with Crippen molar-refractivity contribution in [2.75, 3.05) is 6.61 Å². The molecule has 9 nitrogen and oxygen atoms in total. The number of halogens is 5. The lowest BCUT2D eigenvalue weighted by molar-refractivity contribution is -0.353. The Kier molecular flexibility index (Phi) is 13.0. The second-order valence-corrected chi connectivity index (χ2v) is 21.6. The molecular weight excluding hydrogens is 791 g/mol. The lowest BCUT2D eigenvalue weighted by Crippen LogP contribution is -2.64. The van der Waals surface area contributed by atoms with Crippen LogP contribution in [0.5, 0.6) is 0 Å². The molecule has 1 aliphatic heterocycles. The van der Waals surface area contributed by atoms with E-state index in [0.29, 0.717) is 24.9 Å². The highest BCUT2D eigenvalue weighted by atomic mass is 19.4. The van der Waals surface area contributed by atoms with Gasteiger partial charge >= 0.3 is 30.1 Å². The third-order valence-electron chi connectivity index (χ3n) is 16.8. The smallest absolute Gasteiger partial charge is 0.423 e. The van der Waals surface area contributed by atoms with Crippen molar-refractivity contribution in [3.8, 4) is 0 Å². The van der Waals surface area contributed by atoms with Crippen molar-refractivity contribution in [3.05, 3.63) is 0 Å². The molecule has 0 aromatic heterocycles. The first-order valence-corrected chi connectivity index (χ1v) is 22.7. The molecule has 8 aliphatic carbocycles. The maximum Gasteiger partial charge on any atom is 0.423 e. The molecule has 9 rings (SSSR count). The third kappa shape index (κ3) is 8.35. The lowest BCUT2D eigenvalue weighted by atomic mass is 9.51. The molecule has 9 aliphatic rings. The normalized spacial score (nSPS) is 39.0. The molecule has 1 N–H and O–H groups in total. The Morgan fingerprint density at radius 1 is 0.717 bits per heavy atom. The molecule has 0 aromatic rings. The summed E-state index contributed by atoms with van der Waals surface area (Å²) in [5, 5.41) is 9.59. The Morgan fingerprint density at radius 3 is 1.73 bits per heavy atom. The van der Waals surface area contributed by atoms with Crippen LogP contribution in [-0.4, -0.2) is 71.6 Å². The highest BCUT2D eigenvalue weighted by molar-refractivity contribution is 5.78. The van der Waals surface area contributed by atoms with Crippen LogP contribution in [0.1, 0.15) is 146 Å². The van der Waals surface area contributed by atoms with E-state index in [2.05, 4.69) is 6.92 Å². The molecule has 0 radical (unpaired) electrons. The van der Waals surface area contributed by atoms with E-state index < -0.39 is 65.3 Å². The summed E-state index contributed by atoms with van der Waals surface area (Å²) in [4.78, 5) is 47.7. The van der Waals surface area contributed by atoms with Crippen LogP contribution in [0.15, 0.2) is 0 Å². The molecule has 9 fully saturated rings. The number of alkyl halides is 5. The van der Waals surface area contributed by atoms with Crippen molar-refractivity contribution in [1.82, 2.24) is 0 Å². The number of esters is 4. The van der Waals surface area contributed by atoms with E-state index in [1.807, 2.05) is 34.6 Å². The summed E-state index contributed by atoms with van der Waals surface area (Å²) in [6.07, 6.45) is 4.32. The van der Waals surface area contributed by atoms with E-state index >= 15 is 0 Å². The second-order valence-electron chi connectivity index (χ2n) is 21.6. The molecule has 1 saturated heterocycles. The van der Waals surface area contributed by atoms with Crippen LogP contribution in [0, 0.1) is 75.4 Å². The van der Waals surface area contributed by atoms with Crippen LogP contribution in [0.2, 0.25) is 0 Å². The van der Waals surface area contributed by atoms with Crippen LogP contribution >= 0.6 is 0 Å². The Hall–Kier alpha value is -2.51. The summed E-state index contributed by atoms with van der Waals surface area (Å²) < 4.78 is 88.5. The average Bonchev–Trinajstić information content (AvgIpc) is 3.96. The molecule has 9 atom stereocenters. The van der Waals surface area contributed by atoms with Crippen molar-refractivity contribution in [1.29, 1.82) is 0 Å². The fourth-order valence-corrected chi connectivity index (χ4v) is 11.9. The Labute approximate surface area is 352 Å². The predicted molar refractivity (Wildman–Crippen MR) is 210 cm³/mol. The number of carbonyl (C=O) groups is 4. The van der Waals surface area contributed by atoms with E-state index in [1.165, 1.54) is 32.1 Å². The number of carbonyl (C=O) groups excluding carboxylic acids is 4. The van der Waals surface area contributed by atoms with Crippen molar-refractivity contribution >= 4 is 23.9 Å². The maximum absolute atomic E-state index is 14.1. The summed E-state index contributed by atoms with van der Waals surface area (Å²) in [5.74, 6) is -3.28. The van der Waals surface area contributed by atoms with E-state index in [4.69, 9.17) is 18.9 Å². The van der Waals surface area contributed by atoms with Gasteiger partial charge in [0, 0.05) is 17.8 Å². The van der Waals surface area contributed by atoms with Crippen LogP contribution in [0.4, 0.5) is 22.0 Å². The van der Waals surface area contributed by atoms with Crippen LogP contribution < -0.4 is 0 Å². The monoisotopic (exact) mass is 860 g/mol. The molecule has 0 aromatic carbocycles. The summed E-state index contributed by atoms with van der Waals surface area (Å²) in [7, 11) is 0. The summed E-state index contributed by atoms with van der Waals surface area (Å²) in [5.41, 5.74) is -5.70. The van der Waals surface area contributed by atoms with Gasteiger partial charge in [-0.15, -0.1) is 0 Å². The maximum atomic E-state index is 14.1. The summed E-state index contributed by atoms with van der Waals surface area (Å²) in [6.45, 7) is 17.3. The predicted octanol–water partition coefficient (Wildman–Crippen LogP) is 9.65. The molecule has 8 bridgehead atoms. The van der Waals surface area contributed by atoms with Crippen LogP contribution in [-0.2, 0) is 38.1 Å². The van der Waals surface area contributed by atoms with Gasteiger partial charge < -0.3 is 24.1 Å². The highest BCUT2D eigenvalue weighted by Gasteiger charge is 2.82. The minimum Gasteiger partial charge on any atom is -0.465 e. The Balaban J connectivity index is 0.000000151. The fraction of sp³-hybridized carbons (Fsp3) is 0.913. The van der Waals surface area contributed by atoms with Gasteiger partial charge in [0.25, 0.3) is 5.92 Å². The van der Waals surface area contributed by atoms with Gasteiger partial charge in [0.15, 0.2) is 0 Å². The SMILES string of the molecule is CCC(C)(C)C(=O)OC1C2CC3C(=O)OC1C3C2.CCC(C)(C)C(=O)OC1CC2CC1C(F)(F)C2(O)C(F)(F)F.CCC(C)(C)C(=O)OCCC1C2CC3CC(C2)CC1C3. The average molecular weight is 861 g/mol. The van der Waals surface area contributed by atoms with Crippen molar-refractivity contribution < 1.29 is 65.2 Å². The van der Waals surface area contributed by atoms with E-state index in [9.17, 15) is 46.2 Å². The molecule has 14 heteroatoms. The first-order valence-electron chi connectivity index (χ1n) is 22.7. The lowest BCUT2D eigenvalue weighted by Gasteiger charge is -2.54. The van der Waals surface area contributed by atoms with Gasteiger partial charge in [-0.1, -0.05) is 20.8 Å². The van der Waals surface area contributed by atoms with Crippen LogP contribution in [0.3, 0.4) is 0 Å².